The van der Waals surface area contributed by atoms with E-state index in [2.05, 4.69) is 5.32 Å². The molecule has 0 saturated carbocycles. The van der Waals surface area contributed by atoms with Crippen molar-refractivity contribution >= 4 is 17.3 Å². The molecule has 1 heterocycles. The monoisotopic (exact) mass is 383 g/mol. The third kappa shape index (κ3) is 4.04. The first-order valence-electron chi connectivity index (χ1n) is 8.10. The van der Waals surface area contributed by atoms with Gasteiger partial charge in [-0.2, -0.15) is 4.73 Å². The van der Waals surface area contributed by atoms with E-state index < -0.39 is 22.2 Å². The molecule has 0 bridgehead atoms. The maximum absolute atomic E-state index is 13.7. The summed E-state index contributed by atoms with van der Waals surface area (Å²) in [6.45, 7) is -0.220. The molecule has 0 fully saturated rings. The molecular formula is C19H14FN3O5. The molecule has 0 aliphatic carbocycles. The van der Waals surface area contributed by atoms with Gasteiger partial charge in [-0.3, -0.25) is 19.7 Å². The zero-order valence-corrected chi connectivity index (χ0v) is 14.4. The minimum absolute atomic E-state index is 0.0421. The highest BCUT2D eigenvalue weighted by molar-refractivity contribution is 6.05. The van der Waals surface area contributed by atoms with Crippen LogP contribution in [0, 0.1) is 15.9 Å². The summed E-state index contributed by atoms with van der Waals surface area (Å²) in [5.74, 6) is -1.32. The van der Waals surface area contributed by atoms with Gasteiger partial charge in [0.2, 0.25) is 0 Å². The smallest absolute Gasteiger partial charge is 0.295 e. The lowest BCUT2D eigenvalue weighted by atomic mass is 10.2. The summed E-state index contributed by atoms with van der Waals surface area (Å²) in [4.78, 5) is 40.6. The predicted octanol–water partition coefficient (Wildman–Crippen LogP) is 2.78. The van der Waals surface area contributed by atoms with Crippen molar-refractivity contribution in [3.8, 4) is 0 Å². The highest BCUT2D eigenvalue weighted by atomic mass is 19.1. The number of rotatable bonds is 6. The molecule has 0 spiro atoms. The molecule has 9 heteroatoms. The van der Waals surface area contributed by atoms with Crippen LogP contribution >= 0.6 is 0 Å². The molecule has 142 valence electrons. The van der Waals surface area contributed by atoms with Gasteiger partial charge in [-0.25, -0.2) is 4.39 Å². The molecule has 1 N–H and O–H groups in total. The zero-order chi connectivity index (χ0) is 20.1. The Morgan fingerprint density at radius 3 is 2.57 bits per heavy atom. The number of hydrogen-bond acceptors (Lipinski definition) is 5. The Bertz CT molecular complexity index is 1100. The maximum atomic E-state index is 13.7. The van der Waals surface area contributed by atoms with Crippen LogP contribution in [0.4, 0.5) is 15.8 Å². The average Bonchev–Trinajstić information content (AvgIpc) is 2.68. The minimum atomic E-state index is -0.830. The zero-order valence-electron chi connectivity index (χ0n) is 14.4. The number of hydrogen-bond donors (Lipinski definition) is 1. The van der Waals surface area contributed by atoms with Gasteiger partial charge in [0.05, 0.1) is 4.92 Å². The number of carbonyl (C=O) groups is 1. The summed E-state index contributed by atoms with van der Waals surface area (Å²) in [6, 6.07) is 14.1. The van der Waals surface area contributed by atoms with Crippen LogP contribution in [-0.4, -0.2) is 15.6 Å². The third-order valence-electron chi connectivity index (χ3n) is 3.83. The normalized spacial score (nSPS) is 10.3. The Balaban J connectivity index is 1.81. The highest BCUT2D eigenvalue weighted by Gasteiger charge is 2.18. The molecular weight excluding hydrogens is 369 g/mol. The molecule has 2 aromatic carbocycles. The van der Waals surface area contributed by atoms with Crippen LogP contribution in [-0.2, 0) is 6.61 Å². The lowest BCUT2D eigenvalue weighted by molar-refractivity contribution is -0.383. The molecule has 3 aromatic rings. The molecule has 0 aliphatic rings. The molecule has 0 saturated heterocycles. The van der Waals surface area contributed by atoms with Gasteiger partial charge in [-0.1, -0.05) is 30.3 Å². The number of benzene rings is 2. The molecule has 28 heavy (non-hydrogen) atoms. The van der Waals surface area contributed by atoms with Gasteiger partial charge in [0.1, 0.15) is 23.7 Å². The SMILES string of the molecule is O=C(Nc1ccccc1[N+](=O)[O-])c1cccn(OCc2ccccc2F)c1=O. The number of nitrogens with one attached hydrogen (secondary N) is 1. The third-order valence-corrected chi connectivity index (χ3v) is 3.83. The fourth-order valence-electron chi connectivity index (χ4n) is 2.43. The fourth-order valence-corrected chi connectivity index (χ4v) is 2.43. The van der Waals surface area contributed by atoms with Gasteiger partial charge >= 0.3 is 0 Å². The van der Waals surface area contributed by atoms with Gasteiger partial charge < -0.3 is 10.2 Å². The molecule has 1 aromatic heterocycles. The number of halogens is 1. The van der Waals surface area contributed by atoms with Crippen LogP contribution in [0.1, 0.15) is 15.9 Å². The number of para-hydroxylation sites is 2. The van der Waals surface area contributed by atoms with Crippen LogP contribution < -0.4 is 15.7 Å². The van der Waals surface area contributed by atoms with Gasteiger partial charge in [-0.05, 0) is 24.3 Å². The van der Waals surface area contributed by atoms with E-state index >= 15 is 0 Å². The Morgan fingerprint density at radius 2 is 1.82 bits per heavy atom. The molecule has 0 aliphatic heterocycles. The first-order valence-corrected chi connectivity index (χ1v) is 8.10. The van der Waals surface area contributed by atoms with Gasteiger partial charge in [0, 0.05) is 17.8 Å². The van der Waals surface area contributed by atoms with E-state index in [4.69, 9.17) is 4.84 Å². The van der Waals surface area contributed by atoms with Crippen molar-refractivity contribution in [2.75, 3.05) is 5.32 Å². The van der Waals surface area contributed by atoms with Crippen molar-refractivity contribution in [3.05, 3.63) is 104 Å². The molecule has 3 rings (SSSR count). The quantitative estimate of drug-likeness (QED) is 0.521. The van der Waals surface area contributed by atoms with E-state index in [0.717, 1.165) is 4.73 Å². The van der Waals surface area contributed by atoms with Crippen molar-refractivity contribution in [1.29, 1.82) is 0 Å². The lowest BCUT2D eigenvalue weighted by Gasteiger charge is -2.10. The predicted molar refractivity (Wildman–Crippen MR) is 98.4 cm³/mol. The molecule has 0 unspecified atom stereocenters. The Kier molecular flexibility index (Phi) is 5.45. The van der Waals surface area contributed by atoms with Crippen LogP contribution in [0.2, 0.25) is 0 Å². The number of nitro groups is 1. The van der Waals surface area contributed by atoms with Crippen LogP contribution in [0.5, 0.6) is 0 Å². The second kappa shape index (κ2) is 8.12. The van der Waals surface area contributed by atoms with Crippen LogP contribution in [0.25, 0.3) is 0 Å². The molecule has 1 amide bonds. The summed E-state index contributed by atoms with van der Waals surface area (Å²) in [6.07, 6.45) is 1.28. The summed E-state index contributed by atoms with van der Waals surface area (Å²) in [7, 11) is 0. The number of nitrogens with zero attached hydrogens (tertiary/aromatic N) is 2. The highest BCUT2D eigenvalue weighted by Crippen LogP contribution is 2.23. The first kappa shape index (κ1) is 18.8. The van der Waals surface area contributed by atoms with Crippen molar-refractivity contribution in [2.24, 2.45) is 0 Å². The van der Waals surface area contributed by atoms with E-state index in [1.165, 1.54) is 60.8 Å². The second-order valence-electron chi connectivity index (χ2n) is 5.65. The van der Waals surface area contributed by atoms with Crippen LogP contribution in [0.3, 0.4) is 0 Å². The molecule has 8 nitrogen and oxygen atoms in total. The summed E-state index contributed by atoms with van der Waals surface area (Å²) in [5.41, 5.74) is -1.17. The first-order chi connectivity index (χ1) is 13.5. The minimum Gasteiger partial charge on any atom is -0.406 e. The number of nitro benzene ring substituents is 1. The van der Waals surface area contributed by atoms with Crippen molar-refractivity contribution in [1.82, 2.24) is 4.73 Å². The molecule has 0 atom stereocenters. The summed E-state index contributed by atoms with van der Waals surface area (Å²) < 4.78 is 14.5. The fraction of sp³-hybridized carbons (Fsp3) is 0.0526. The number of carbonyl (C=O) groups excluding carboxylic acids is 1. The summed E-state index contributed by atoms with van der Waals surface area (Å²) >= 11 is 0. The standard InChI is InChI=1S/C19H14FN3O5/c20-15-8-2-1-6-13(15)12-28-22-11-5-7-14(19(22)25)18(24)21-16-9-3-4-10-17(16)23(26)27/h1-11H,12H2,(H,21,24). The van der Waals surface area contributed by atoms with Crippen LogP contribution in [0.15, 0.2) is 71.7 Å². The van der Waals surface area contributed by atoms with E-state index in [1.54, 1.807) is 6.07 Å². The molecule has 0 radical (unpaired) electrons. The van der Waals surface area contributed by atoms with E-state index in [-0.39, 0.29) is 29.1 Å². The van der Waals surface area contributed by atoms with Gasteiger partial charge in [0.15, 0.2) is 0 Å². The summed E-state index contributed by atoms with van der Waals surface area (Å²) in [5, 5.41) is 13.4. The lowest BCUT2D eigenvalue weighted by Crippen LogP contribution is -2.32. The Hall–Kier alpha value is -4.01. The Labute approximate surface area is 157 Å². The van der Waals surface area contributed by atoms with Crippen molar-refractivity contribution < 1.29 is 18.9 Å². The largest absolute Gasteiger partial charge is 0.406 e. The van der Waals surface area contributed by atoms with E-state index in [0.29, 0.717) is 0 Å². The van der Waals surface area contributed by atoms with E-state index in [1.807, 2.05) is 0 Å². The number of aromatic nitrogens is 1. The number of anilines is 1. The Morgan fingerprint density at radius 1 is 1.11 bits per heavy atom. The van der Waals surface area contributed by atoms with Gasteiger partial charge in [0.25, 0.3) is 17.2 Å². The van der Waals surface area contributed by atoms with Gasteiger partial charge in [-0.15, -0.1) is 0 Å². The second-order valence-corrected chi connectivity index (χ2v) is 5.65. The van der Waals surface area contributed by atoms with Crippen molar-refractivity contribution in [3.63, 3.8) is 0 Å². The number of pyridine rings is 1. The number of amides is 1. The average molecular weight is 383 g/mol. The van der Waals surface area contributed by atoms with Crippen molar-refractivity contribution in [2.45, 2.75) is 6.61 Å². The van der Waals surface area contributed by atoms with E-state index in [9.17, 15) is 24.1 Å². The maximum Gasteiger partial charge on any atom is 0.295 e. The topological polar surface area (TPSA) is 103 Å².